The van der Waals surface area contributed by atoms with Crippen molar-refractivity contribution in [3.8, 4) is 0 Å². The summed E-state index contributed by atoms with van der Waals surface area (Å²) in [5.41, 5.74) is 1.80. The third-order valence-corrected chi connectivity index (χ3v) is 5.74. The number of nitrogens with zero attached hydrogens (tertiary/aromatic N) is 2. The molecule has 6 nitrogen and oxygen atoms in total. The Morgan fingerprint density at radius 2 is 2.03 bits per heavy atom. The van der Waals surface area contributed by atoms with E-state index in [1.54, 1.807) is 17.0 Å². The molecule has 0 aliphatic rings. The van der Waals surface area contributed by atoms with Crippen molar-refractivity contribution in [3.05, 3.63) is 93.9 Å². The first-order chi connectivity index (χ1) is 15.0. The van der Waals surface area contributed by atoms with Gasteiger partial charge in [-0.15, -0.1) is 0 Å². The van der Waals surface area contributed by atoms with Gasteiger partial charge in [0.25, 0.3) is 11.5 Å². The van der Waals surface area contributed by atoms with Gasteiger partial charge >= 0.3 is 0 Å². The summed E-state index contributed by atoms with van der Waals surface area (Å²) >= 11 is 1.32. The average molecular weight is 437 g/mol. The molecule has 2 aromatic heterocycles. The Morgan fingerprint density at radius 1 is 1.19 bits per heavy atom. The van der Waals surface area contributed by atoms with Crippen LogP contribution in [0.1, 0.15) is 28.6 Å². The van der Waals surface area contributed by atoms with Gasteiger partial charge in [0.05, 0.1) is 0 Å². The Balaban J connectivity index is 1.66. The minimum Gasteiger partial charge on any atom is -0.451 e. The van der Waals surface area contributed by atoms with E-state index >= 15 is 0 Å². The number of benzene rings is 2. The highest BCUT2D eigenvalue weighted by molar-refractivity contribution is 7.98. The number of nitrogens with one attached hydrogen (secondary N) is 1. The molecule has 0 aliphatic carbocycles. The molecule has 2 aromatic carbocycles. The highest BCUT2D eigenvalue weighted by atomic mass is 32.2. The zero-order valence-electron chi connectivity index (χ0n) is 16.8. The number of H-pyrrole nitrogens is 1. The summed E-state index contributed by atoms with van der Waals surface area (Å²) in [5, 5.41) is 1.29. The summed E-state index contributed by atoms with van der Waals surface area (Å²) in [6, 6.07) is 15.0. The van der Waals surface area contributed by atoms with Gasteiger partial charge in [-0.3, -0.25) is 9.59 Å². The van der Waals surface area contributed by atoms with Crippen molar-refractivity contribution in [1.82, 2.24) is 14.9 Å². The van der Waals surface area contributed by atoms with Gasteiger partial charge in [-0.05, 0) is 30.7 Å². The van der Waals surface area contributed by atoms with Crippen molar-refractivity contribution in [2.75, 3.05) is 6.54 Å². The second-order valence-electron chi connectivity index (χ2n) is 6.88. The largest absolute Gasteiger partial charge is 0.451 e. The van der Waals surface area contributed by atoms with E-state index in [2.05, 4.69) is 9.97 Å². The van der Waals surface area contributed by atoms with Gasteiger partial charge < -0.3 is 14.3 Å². The van der Waals surface area contributed by atoms with Gasteiger partial charge in [0, 0.05) is 42.1 Å². The molecule has 4 rings (SSSR count). The van der Waals surface area contributed by atoms with E-state index in [0.29, 0.717) is 28.6 Å². The van der Waals surface area contributed by atoms with Gasteiger partial charge in [-0.2, -0.15) is 0 Å². The lowest BCUT2D eigenvalue weighted by Gasteiger charge is -2.20. The standard InChI is InChI=1S/C23H20FN3O3S/c1-2-27(13-15-6-5-7-16(24)12-15)22(29)21-18(17-8-3-4-9-19(17)30-21)14-31-23-25-11-10-20(28)26-23/h3-12H,2,13-14H2,1H3,(H,25,26,28). The molecule has 0 radical (unpaired) electrons. The Bertz CT molecular complexity index is 1280. The van der Waals surface area contributed by atoms with Crippen LogP contribution in [0.25, 0.3) is 11.0 Å². The van der Waals surface area contributed by atoms with Crippen LogP contribution in [-0.4, -0.2) is 27.3 Å². The van der Waals surface area contributed by atoms with Crippen molar-refractivity contribution >= 4 is 28.6 Å². The lowest BCUT2D eigenvalue weighted by atomic mass is 10.1. The smallest absolute Gasteiger partial charge is 0.290 e. The SMILES string of the molecule is CCN(Cc1cccc(F)c1)C(=O)c1oc2ccccc2c1CSc1nccc(=O)[nH]1. The molecule has 0 spiro atoms. The van der Waals surface area contributed by atoms with Gasteiger partial charge in [-0.1, -0.05) is 42.1 Å². The molecule has 0 unspecified atom stereocenters. The number of para-hydroxylation sites is 1. The average Bonchev–Trinajstić information content (AvgIpc) is 3.14. The number of hydrogen-bond acceptors (Lipinski definition) is 5. The zero-order valence-corrected chi connectivity index (χ0v) is 17.6. The summed E-state index contributed by atoms with van der Waals surface area (Å²) in [4.78, 5) is 33.4. The lowest BCUT2D eigenvalue weighted by molar-refractivity contribution is 0.0721. The summed E-state index contributed by atoms with van der Waals surface area (Å²) in [5.74, 6) is 0.0206. The zero-order chi connectivity index (χ0) is 21.8. The van der Waals surface area contributed by atoms with Crippen molar-refractivity contribution in [2.45, 2.75) is 24.4 Å². The van der Waals surface area contributed by atoms with E-state index in [9.17, 15) is 14.0 Å². The molecule has 0 atom stereocenters. The van der Waals surface area contributed by atoms with E-state index < -0.39 is 0 Å². The fraction of sp³-hybridized carbons (Fsp3) is 0.174. The normalized spacial score (nSPS) is 11.0. The molecular formula is C23H20FN3O3S. The number of carbonyl (C=O) groups excluding carboxylic acids is 1. The maximum absolute atomic E-state index is 13.6. The van der Waals surface area contributed by atoms with Gasteiger partial charge in [0.15, 0.2) is 10.9 Å². The Hall–Kier alpha value is -3.39. The molecule has 0 bridgehead atoms. The van der Waals surface area contributed by atoms with E-state index in [4.69, 9.17) is 4.42 Å². The van der Waals surface area contributed by atoms with E-state index in [1.807, 2.05) is 31.2 Å². The molecule has 0 saturated heterocycles. The minimum atomic E-state index is -0.341. The van der Waals surface area contributed by atoms with E-state index in [-0.39, 0.29) is 29.6 Å². The number of aromatic amines is 1. The third-order valence-electron chi connectivity index (χ3n) is 4.82. The summed E-state index contributed by atoms with van der Waals surface area (Å²) in [6.07, 6.45) is 1.44. The van der Waals surface area contributed by atoms with Gasteiger partial charge in [-0.25, -0.2) is 9.37 Å². The fourth-order valence-corrected chi connectivity index (χ4v) is 4.18. The monoisotopic (exact) mass is 437 g/mol. The van der Waals surface area contributed by atoms with Gasteiger partial charge in [0.2, 0.25) is 0 Å². The molecule has 8 heteroatoms. The molecule has 4 aromatic rings. The third kappa shape index (κ3) is 4.69. The van der Waals surface area contributed by atoms with Crippen LogP contribution in [0.2, 0.25) is 0 Å². The number of aromatic nitrogens is 2. The number of fused-ring (bicyclic) bond motifs is 1. The molecule has 1 amide bonds. The van der Waals surface area contributed by atoms with Crippen LogP contribution in [0, 0.1) is 5.82 Å². The maximum Gasteiger partial charge on any atom is 0.290 e. The number of rotatable bonds is 7. The van der Waals surface area contributed by atoms with Crippen LogP contribution in [0.4, 0.5) is 4.39 Å². The van der Waals surface area contributed by atoms with Gasteiger partial charge in [0.1, 0.15) is 11.4 Å². The topological polar surface area (TPSA) is 79.2 Å². The second-order valence-corrected chi connectivity index (χ2v) is 7.85. The fourth-order valence-electron chi connectivity index (χ4n) is 3.31. The highest BCUT2D eigenvalue weighted by Gasteiger charge is 2.25. The first-order valence-electron chi connectivity index (χ1n) is 9.77. The maximum atomic E-state index is 13.6. The van der Waals surface area contributed by atoms with Crippen molar-refractivity contribution in [3.63, 3.8) is 0 Å². The number of furan rings is 1. The Kier molecular flexibility index (Phi) is 6.18. The summed E-state index contributed by atoms with van der Waals surface area (Å²) in [7, 11) is 0. The number of halogens is 1. The van der Waals surface area contributed by atoms with Crippen LogP contribution in [-0.2, 0) is 12.3 Å². The highest BCUT2D eigenvalue weighted by Crippen LogP contribution is 2.32. The second kappa shape index (κ2) is 9.18. The first kappa shape index (κ1) is 20.9. The molecule has 1 N–H and O–H groups in total. The summed E-state index contributed by atoms with van der Waals surface area (Å²) in [6.45, 7) is 2.57. The van der Waals surface area contributed by atoms with Crippen LogP contribution >= 0.6 is 11.8 Å². The predicted octanol–water partition coefficient (Wildman–Crippen LogP) is 4.61. The molecule has 158 valence electrons. The molecular weight excluding hydrogens is 417 g/mol. The number of amides is 1. The predicted molar refractivity (Wildman–Crippen MR) is 117 cm³/mol. The van der Waals surface area contributed by atoms with Crippen molar-refractivity contribution in [2.24, 2.45) is 0 Å². The van der Waals surface area contributed by atoms with Crippen LogP contribution in [0.15, 0.2) is 75.2 Å². The molecule has 0 fully saturated rings. The molecule has 0 aliphatic heterocycles. The van der Waals surface area contributed by atoms with Crippen molar-refractivity contribution < 1.29 is 13.6 Å². The molecule has 2 heterocycles. The first-order valence-corrected chi connectivity index (χ1v) is 10.8. The van der Waals surface area contributed by atoms with E-state index in [1.165, 1.54) is 36.2 Å². The van der Waals surface area contributed by atoms with Crippen LogP contribution in [0.5, 0.6) is 0 Å². The Morgan fingerprint density at radius 3 is 2.81 bits per heavy atom. The van der Waals surface area contributed by atoms with Crippen LogP contribution in [0.3, 0.4) is 0 Å². The van der Waals surface area contributed by atoms with E-state index in [0.717, 1.165) is 10.9 Å². The Labute approximate surface area is 182 Å². The molecule has 0 saturated carbocycles. The van der Waals surface area contributed by atoms with Crippen molar-refractivity contribution in [1.29, 1.82) is 0 Å². The number of thioether (sulfide) groups is 1. The minimum absolute atomic E-state index is 0.238. The summed E-state index contributed by atoms with van der Waals surface area (Å²) < 4.78 is 19.5. The quantitative estimate of drug-likeness (QED) is 0.337. The lowest BCUT2D eigenvalue weighted by Crippen LogP contribution is -2.30. The van der Waals surface area contributed by atoms with Crippen LogP contribution < -0.4 is 5.56 Å². The number of carbonyl (C=O) groups is 1. The molecule has 31 heavy (non-hydrogen) atoms. The number of hydrogen-bond donors (Lipinski definition) is 1.